The molecule has 0 bridgehead atoms. The first-order chi connectivity index (χ1) is 9.81. The van der Waals surface area contributed by atoms with Crippen molar-refractivity contribution in [2.24, 2.45) is 0 Å². The highest BCUT2D eigenvalue weighted by Crippen LogP contribution is 2.21. The van der Waals surface area contributed by atoms with Gasteiger partial charge in [-0.3, -0.25) is 0 Å². The highest BCUT2D eigenvalue weighted by Gasteiger charge is 2.08. The Balaban J connectivity index is 1.89. The highest BCUT2D eigenvalue weighted by atomic mass is 16.3. The Labute approximate surface area is 122 Å². The average molecular weight is 268 g/mol. The lowest BCUT2D eigenvalue weighted by atomic mass is 9.97. The van der Waals surface area contributed by atoms with Crippen molar-refractivity contribution >= 4 is 10.8 Å². The summed E-state index contributed by atoms with van der Waals surface area (Å²) in [5.41, 5.74) is 1.25. The number of rotatable bonds is 8. The normalized spacial score (nSPS) is 12.4. The Morgan fingerprint density at radius 3 is 2.65 bits per heavy atom. The van der Waals surface area contributed by atoms with Crippen molar-refractivity contribution in [1.82, 2.24) is 0 Å². The van der Waals surface area contributed by atoms with Gasteiger partial charge in [0.2, 0.25) is 0 Å². The zero-order valence-corrected chi connectivity index (χ0v) is 12.1. The van der Waals surface area contributed by atoms with Crippen LogP contribution in [-0.4, -0.2) is 11.2 Å². The van der Waals surface area contributed by atoms with Crippen molar-refractivity contribution in [1.29, 1.82) is 0 Å². The van der Waals surface area contributed by atoms with Crippen LogP contribution in [0.25, 0.3) is 10.8 Å². The van der Waals surface area contributed by atoms with Crippen molar-refractivity contribution in [3.05, 3.63) is 60.7 Å². The molecule has 2 aromatic carbocycles. The van der Waals surface area contributed by atoms with Crippen LogP contribution in [0.1, 0.15) is 37.7 Å². The van der Waals surface area contributed by atoms with E-state index in [4.69, 9.17) is 0 Å². The maximum absolute atomic E-state index is 10.2. The predicted octanol–water partition coefficient (Wildman–Crippen LogP) is 4.88. The van der Waals surface area contributed by atoms with Gasteiger partial charge in [-0.15, -0.1) is 6.58 Å². The van der Waals surface area contributed by atoms with Gasteiger partial charge < -0.3 is 5.11 Å². The molecule has 0 aliphatic heterocycles. The van der Waals surface area contributed by atoms with Crippen molar-refractivity contribution in [3.63, 3.8) is 0 Å². The second-order valence-corrected chi connectivity index (χ2v) is 5.42. The summed E-state index contributed by atoms with van der Waals surface area (Å²) < 4.78 is 0. The van der Waals surface area contributed by atoms with Gasteiger partial charge >= 0.3 is 0 Å². The fourth-order valence-electron chi connectivity index (χ4n) is 2.67. The van der Waals surface area contributed by atoms with Crippen LogP contribution in [0.15, 0.2) is 55.1 Å². The molecule has 0 spiro atoms. The molecule has 1 atom stereocenters. The summed E-state index contributed by atoms with van der Waals surface area (Å²) in [4.78, 5) is 0. The van der Waals surface area contributed by atoms with Gasteiger partial charge in [-0.2, -0.15) is 0 Å². The lowest BCUT2D eigenvalue weighted by Gasteiger charge is -2.12. The first kappa shape index (κ1) is 14.8. The average Bonchev–Trinajstić information content (AvgIpc) is 2.47. The van der Waals surface area contributed by atoms with Crippen molar-refractivity contribution in [2.75, 3.05) is 0 Å². The van der Waals surface area contributed by atoms with Gasteiger partial charge in [0.25, 0.3) is 0 Å². The Morgan fingerprint density at radius 1 is 1.00 bits per heavy atom. The second-order valence-electron chi connectivity index (χ2n) is 5.42. The van der Waals surface area contributed by atoms with Gasteiger partial charge in [0.1, 0.15) is 0 Å². The minimum atomic E-state index is -0.232. The minimum Gasteiger partial charge on any atom is -0.393 e. The Hall–Kier alpha value is -1.60. The number of benzene rings is 2. The number of hydrogen-bond donors (Lipinski definition) is 1. The third-order valence-electron chi connectivity index (χ3n) is 3.78. The van der Waals surface area contributed by atoms with Crippen LogP contribution in [-0.2, 0) is 6.42 Å². The summed E-state index contributed by atoms with van der Waals surface area (Å²) >= 11 is 0. The standard InChI is InChI=1S/C19H24O/c1-2-3-4-5-6-13-18(20)15-17-12-9-11-16-10-7-8-14-19(16)17/h2,7-12,14,18,20H,1,3-6,13,15H2. The number of allylic oxidation sites excluding steroid dienone is 1. The maximum Gasteiger partial charge on any atom is 0.0580 e. The van der Waals surface area contributed by atoms with E-state index < -0.39 is 0 Å². The molecule has 20 heavy (non-hydrogen) atoms. The third kappa shape index (κ3) is 4.21. The van der Waals surface area contributed by atoms with E-state index in [1.807, 2.05) is 6.08 Å². The summed E-state index contributed by atoms with van der Waals surface area (Å²) in [6.07, 6.45) is 7.92. The predicted molar refractivity (Wildman–Crippen MR) is 86.9 cm³/mol. The summed E-state index contributed by atoms with van der Waals surface area (Å²) in [7, 11) is 0. The monoisotopic (exact) mass is 268 g/mol. The van der Waals surface area contributed by atoms with Crippen LogP contribution in [0.3, 0.4) is 0 Å². The van der Waals surface area contributed by atoms with E-state index in [1.54, 1.807) is 0 Å². The number of fused-ring (bicyclic) bond motifs is 1. The molecule has 0 radical (unpaired) electrons. The number of aliphatic hydroxyl groups excluding tert-OH is 1. The summed E-state index contributed by atoms with van der Waals surface area (Å²) in [6.45, 7) is 3.73. The largest absolute Gasteiger partial charge is 0.393 e. The molecule has 0 saturated heterocycles. The fraction of sp³-hybridized carbons (Fsp3) is 0.368. The van der Waals surface area contributed by atoms with Crippen molar-refractivity contribution in [3.8, 4) is 0 Å². The zero-order chi connectivity index (χ0) is 14.2. The molecule has 1 unspecified atom stereocenters. The van der Waals surface area contributed by atoms with E-state index in [9.17, 15) is 5.11 Å². The van der Waals surface area contributed by atoms with Gasteiger partial charge in [-0.05, 0) is 42.0 Å². The lowest BCUT2D eigenvalue weighted by Crippen LogP contribution is -2.10. The highest BCUT2D eigenvalue weighted by molar-refractivity contribution is 5.85. The van der Waals surface area contributed by atoms with E-state index in [0.29, 0.717) is 0 Å². The Kier molecular flexibility index (Phi) is 5.82. The zero-order valence-electron chi connectivity index (χ0n) is 12.1. The van der Waals surface area contributed by atoms with E-state index in [2.05, 4.69) is 49.0 Å². The second kappa shape index (κ2) is 7.86. The first-order valence-electron chi connectivity index (χ1n) is 7.57. The van der Waals surface area contributed by atoms with Crippen LogP contribution in [0.5, 0.6) is 0 Å². The molecule has 2 aromatic rings. The summed E-state index contributed by atoms with van der Waals surface area (Å²) in [5, 5.41) is 12.7. The van der Waals surface area contributed by atoms with Crippen molar-refractivity contribution < 1.29 is 5.11 Å². The van der Waals surface area contributed by atoms with E-state index >= 15 is 0 Å². The Morgan fingerprint density at radius 2 is 1.80 bits per heavy atom. The maximum atomic E-state index is 10.2. The molecular weight excluding hydrogens is 244 g/mol. The molecule has 1 N–H and O–H groups in total. The molecule has 106 valence electrons. The molecule has 0 heterocycles. The van der Waals surface area contributed by atoms with Crippen molar-refractivity contribution in [2.45, 2.75) is 44.6 Å². The number of unbranched alkanes of at least 4 members (excludes halogenated alkanes) is 3. The van der Waals surface area contributed by atoms with Crippen LogP contribution >= 0.6 is 0 Å². The van der Waals surface area contributed by atoms with Gasteiger partial charge in [-0.25, -0.2) is 0 Å². The molecule has 1 heteroatoms. The van der Waals surface area contributed by atoms with Gasteiger partial charge in [0.05, 0.1) is 6.10 Å². The number of aliphatic hydroxyl groups is 1. The van der Waals surface area contributed by atoms with Crippen LogP contribution < -0.4 is 0 Å². The molecule has 0 aromatic heterocycles. The minimum absolute atomic E-state index is 0.232. The van der Waals surface area contributed by atoms with Gasteiger partial charge in [0, 0.05) is 0 Å². The molecular formula is C19H24O. The Bertz CT molecular complexity index is 539. The molecule has 0 saturated carbocycles. The quantitative estimate of drug-likeness (QED) is 0.534. The van der Waals surface area contributed by atoms with Crippen LogP contribution in [0.4, 0.5) is 0 Å². The lowest BCUT2D eigenvalue weighted by molar-refractivity contribution is 0.161. The topological polar surface area (TPSA) is 20.2 Å². The van der Waals surface area contributed by atoms with Gasteiger partial charge in [0.15, 0.2) is 0 Å². The molecule has 0 aliphatic rings. The third-order valence-corrected chi connectivity index (χ3v) is 3.78. The first-order valence-corrected chi connectivity index (χ1v) is 7.57. The van der Waals surface area contributed by atoms with Crippen LogP contribution in [0, 0.1) is 0 Å². The van der Waals surface area contributed by atoms with E-state index in [-0.39, 0.29) is 6.10 Å². The van der Waals surface area contributed by atoms with Crippen LogP contribution in [0.2, 0.25) is 0 Å². The molecule has 1 nitrogen and oxygen atoms in total. The molecule has 0 fully saturated rings. The summed E-state index contributed by atoms with van der Waals surface area (Å²) in [6, 6.07) is 14.7. The summed E-state index contributed by atoms with van der Waals surface area (Å²) in [5.74, 6) is 0. The fourth-order valence-corrected chi connectivity index (χ4v) is 2.67. The molecule has 0 aliphatic carbocycles. The SMILES string of the molecule is C=CCCCCCC(O)Cc1cccc2ccccc12. The number of hydrogen-bond acceptors (Lipinski definition) is 1. The molecule has 0 amide bonds. The van der Waals surface area contributed by atoms with E-state index in [0.717, 1.165) is 25.7 Å². The smallest absolute Gasteiger partial charge is 0.0580 e. The molecule has 2 rings (SSSR count). The van der Waals surface area contributed by atoms with E-state index in [1.165, 1.54) is 29.2 Å². The van der Waals surface area contributed by atoms with Gasteiger partial charge in [-0.1, -0.05) is 61.4 Å².